The third-order valence-corrected chi connectivity index (χ3v) is 4.05. The second-order valence-electron chi connectivity index (χ2n) is 5.36. The summed E-state index contributed by atoms with van der Waals surface area (Å²) >= 11 is 6.11. The number of hydrogen-bond acceptors (Lipinski definition) is 2. The maximum atomic E-state index is 12.0. The first-order valence-corrected chi connectivity index (χ1v) is 7.59. The summed E-state index contributed by atoms with van der Waals surface area (Å²) in [7, 11) is 0. The van der Waals surface area contributed by atoms with Gasteiger partial charge in [0.25, 0.3) is 5.91 Å². The van der Waals surface area contributed by atoms with Crippen LogP contribution in [0.5, 0.6) is 5.75 Å². The molecule has 0 aliphatic heterocycles. The van der Waals surface area contributed by atoms with Gasteiger partial charge in [0.05, 0.1) is 6.04 Å². The molecule has 0 aromatic heterocycles. The number of carbonyl (C=O) groups is 1. The molecule has 1 amide bonds. The van der Waals surface area contributed by atoms with E-state index in [1.807, 2.05) is 63.2 Å². The molecule has 0 aliphatic carbocycles. The molecular formula is C18H20ClNO2. The molecule has 0 bridgehead atoms. The fourth-order valence-electron chi connectivity index (χ4n) is 2.25. The summed E-state index contributed by atoms with van der Waals surface area (Å²) < 4.78 is 5.55. The van der Waals surface area contributed by atoms with E-state index in [0.717, 1.165) is 21.7 Å². The van der Waals surface area contributed by atoms with E-state index in [4.69, 9.17) is 16.3 Å². The monoisotopic (exact) mass is 317 g/mol. The number of ether oxygens (including phenoxy) is 1. The second-order valence-corrected chi connectivity index (χ2v) is 5.74. The van der Waals surface area contributed by atoms with Crippen LogP contribution < -0.4 is 10.1 Å². The van der Waals surface area contributed by atoms with Gasteiger partial charge >= 0.3 is 0 Å². The van der Waals surface area contributed by atoms with Crippen LogP contribution in [0.25, 0.3) is 0 Å². The van der Waals surface area contributed by atoms with Crippen molar-refractivity contribution in [2.24, 2.45) is 0 Å². The van der Waals surface area contributed by atoms with Crippen molar-refractivity contribution in [3.8, 4) is 5.75 Å². The maximum absolute atomic E-state index is 12.0. The normalized spacial score (nSPS) is 11.8. The third kappa shape index (κ3) is 4.25. The van der Waals surface area contributed by atoms with E-state index in [1.165, 1.54) is 0 Å². The fraction of sp³-hybridized carbons (Fsp3) is 0.278. The summed E-state index contributed by atoms with van der Waals surface area (Å²) in [5.74, 6) is 0.503. The highest BCUT2D eigenvalue weighted by Gasteiger charge is 2.10. The molecule has 2 aromatic carbocycles. The molecule has 22 heavy (non-hydrogen) atoms. The lowest BCUT2D eigenvalue weighted by molar-refractivity contribution is -0.123. The lowest BCUT2D eigenvalue weighted by atomic mass is 10.1. The molecule has 0 fully saturated rings. The Hall–Kier alpha value is -2.00. The largest absolute Gasteiger partial charge is 0.484 e. The first kappa shape index (κ1) is 16.4. The van der Waals surface area contributed by atoms with Crippen molar-refractivity contribution in [1.82, 2.24) is 5.32 Å². The minimum absolute atomic E-state index is 0.0162. The minimum atomic E-state index is -0.151. The molecule has 0 aliphatic rings. The number of hydrogen-bond donors (Lipinski definition) is 1. The average molecular weight is 318 g/mol. The Bertz CT molecular complexity index is 632. The first-order chi connectivity index (χ1) is 10.5. The van der Waals surface area contributed by atoms with Gasteiger partial charge in [0.2, 0.25) is 0 Å². The average Bonchev–Trinajstić information content (AvgIpc) is 2.51. The Morgan fingerprint density at radius 1 is 1.18 bits per heavy atom. The van der Waals surface area contributed by atoms with E-state index < -0.39 is 0 Å². The van der Waals surface area contributed by atoms with E-state index in [-0.39, 0.29) is 18.6 Å². The summed E-state index contributed by atoms with van der Waals surface area (Å²) in [5, 5.41) is 3.65. The van der Waals surface area contributed by atoms with E-state index in [1.54, 1.807) is 0 Å². The standard InChI is InChI=1S/C18H20ClNO2/c1-12-9-16(10-13(2)18(12)19)22-11-17(21)20-14(3)15-7-5-4-6-8-15/h4-10,14H,11H2,1-3H3,(H,20,21)/t14-/m1/s1. The van der Waals surface area contributed by atoms with Crippen LogP contribution in [0.2, 0.25) is 5.02 Å². The lowest BCUT2D eigenvalue weighted by Gasteiger charge is -2.15. The highest BCUT2D eigenvalue weighted by atomic mass is 35.5. The van der Waals surface area contributed by atoms with Gasteiger partial charge in [0.15, 0.2) is 6.61 Å². The smallest absolute Gasteiger partial charge is 0.258 e. The number of nitrogens with one attached hydrogen (secondary N) is 1. The van der Waals surface area contributed by atoms with Crippen molar-refractivity contribution in [2.75, 3.05) is 6.61 Å². The van der Waals surface area contributed by atoms with Gasteiger partial charge in [0.1, 0.15) is 5.75 Å². The summed E-state index contributed by atoms with van der Waals surface area (Å²) in [6, 6.07) is 13.4. The molecule has 4 heteroatoms. The molecule has 0 saturated carbocycles. The zero-order valence-electron chi connectivity index (χ0n) is 13.0. The molecule has 0 heterocycles. The molecule has 0 unspecified atom stereocenters. The van der Waals surface area contributed by atoms with E-state index >= 15 is 0 Å². The van der Waals surface area contributed by atoms with Crippen molar-refractivity contribution in [2.45, 2.75) is 26.8 Å². The highest BCUT2D eigenvalue weighted by Crippen LogP contribution is 2.25. The molecule has 0 radical (unpaired) electrons. The number of carbonyl (C=O) groups excluding carboxylic acids is 1. The van der Waals surface area contributed by atoms with Gasteiger partial charge in [-0.2, -0.15) is 0 Å². The molecule has 1 N–H and O–H groups in total. The zero-order valence-corrected chi connectivity index (χ0v) is 13.8. The molecule has 0 saturated heterocycles. The summed E-state index contributed by atoms with van der Waals surface area (Å²) in [4.78, 5) is 12.0. The van der Waals surface area contributed by atoms with E-state index in [0.29, 0.717) is 5.75 Å². The van der Waals surface area contributed by atoms with Crippen LogP contribution in [0.1, 0.15) is 29.7 Å². The third-order valence-electron chi connectivity index (χ3n) is 3.46. The zero-order chi connectivity index (χ0) is 16.1. The quantitative estimate of drug-likeness (QED) is 0.897. The molecular weight excluding hydrogens is 298 g/mol. The Balaban J connectivity index is 1.90. The molecule has 2 rings (SSSR count). The molecule has 116 valence electrons. The van der Waals surface area contributed by atoms with Gasteiger partial charge in [-0.15, -0.1) is 0 Å². The molecule has 2 aromatic rings. The predicted octanol–water partition coefficient (Wildman–Crippen LogP) is 4.21. The number of rotatable bonds is 5. The SMILES string of the molecule is Cc1cc(OCC(=O)N[C@H](C)c2ccccc2)cc(C)c1Cl. The highest BCUT2D eigenvalue weighted by molar-refractivity contribution is 6.32. The van der Waals surface area contributed by atoms with Crippen LogP contribution in [0.3, 0.4) is 0 Å². The lowest BCUT2D eigenvalue weighted by Crippen LogP contribution is -2.31. The maximum Gasteiger partial charge on any atom is 0.258 e. The number of benzene rings is 2. The van der Waals surface area contributed by atoms with Crippen LogP contribution in [-0.4, -0.2) is 12.5 Å². The van der Waals surface area contributed by atoms with Gasteiger partial charge in [-0.05, 0) is 49.6 Å². The van der Waals surface area contributed by atoms with Gasteiger partial charge in [0, 0.05) is 5.02 Å². The van der Waals surface area contributed by atoms with Gasteiger partial charge in [-0.3, -0.25) is 4.79 Å². The Morgan fingerprint density at radius 3 is 2.36 bits per heavy atom. The van der Waals surface area contributed by atoms with Crippen molar-refractivity contribution < 1.29 is 9.53 Å². The van der Waals surface area contributed by atoms with Crippen LogP contribution >= 0.6 is 11.6 Å². The van der Waals surface area contributed by atoms with Crippen LogP contribution in [-0.2, 0) is 4.79 Å². The van der Waals surface area contributed by atoms with E-state index in [9.17, 15) is 4.79 Å². The number of amides is 1. The molecule has 3 nitrogen and oxygen atoms in total. The summed E-state index contributed by atoms with van der Waals surface area (Å²) in [6.45, 7) is 5.76. The Morgan fingerprint density at radius 2 is 1.77 bits per heavy atom. The van der Waals surface area contributed by atoms with Gasteiger partial charge in [-0.1, -0.05) is 41.9 Å². The summed E-state index contributed by atoms with van der Waals surface area (Å²) in [6.07, 6.45) is 0. The Kier molecular flexibility index (Phi) is 5.45. The predicted molar refractivity (Wildman–Crippen MR) is 89.4 cm³/mol. The molecule has 0 spiro atoms. The second kappa shape index (κ2) is 7.32. The molecule has 1 atom stereocenters. The number of aryl methyl sites for hydroxylation is 2. The minimum Gasteiger partial charge on any atom is -0.484 e. The van der Waals surface area contributed by atoms with Crippen LogP contribution in [0, 0.1) is 13.8 Å². The van der Waals surface area contributed by atoms with Crippen LogP contribution in [0.15, 0.2) is 42.5 Å². The van der Waals surface area contributed by atoms with Gasteiger partial charge in [-0.25, -0.2) is 0 Å². The number of halogens is 1. The summed E-state index contributed by atoms with van der Waals surface area (Å²) in [5.41, 5.74) is 2.94. The van der Waals surface area contributed by atoms with Crippen molar-refractivity contribution in [3.63, 3.8) is 0 Å². The van der Waals surface area contributed by atoms with Crippen LogP contribution in [0.4, 0.5) is 0 Å². The van der Waals surface area contributed by atoms with Crippen molar-refractivity contribution in [3.05, 3.63) is 64.2 Å². The van der Waals surface area contributed by atoms with E-state index in [2.05, 4.69) is 5.32 Å². The van der Waals surface area contributed by atoms with Gasteiger partial charge < -0.3 is 10.1 Å². The van der Waals surface area contributed by atoms with Crippen molar-refractivity contribution >= 4 is 17.5 Å². The topological polar surface area (TPSA) is 38.3 Å². The fourth-order valence-corrected chi connectivity index (χ4v) is 2.36. The van der Waals surface area contributed by atoms with Crippen molar-refractivity contribution in [1.29, 1.82) is 0 Å². The Labute approximate surface area is 136 Å². The first-order valence-electron chi connectivity index (χ1n) is 7.21.